The van der Waals surface area contributed by atoms with Crippen LogP contribution in [0, 0.1) is 13.8 Å². The van der Waals surface area contributed by atoms with Gasteiger partial charge in [0.25, 0.3) is 11.1 Å². The highest BCUT2D eigenvalue weighted by Gasteiger charge is 2.36. The zero-order valence-corrected chi connectivity index (χ0v) is 17.4. The van der Waals surface area contributed by atoms with Crippen molar-refractivity contribution in [1.29, 1.82) is 0 Å². The number of aliphatic hydroxyl groups is 2. The van der Waals surface area contributed by atoms with Crippen LogP contribution in [0.5, 0.6) is 0 Å². The highest BCUT2D eigenvalue weighted by Crippen LogP contribution is 2.21. The third-order valence-electron chi connectivity index (χ3n) is 5.26. The SMILES string of the molecule is Cc1cn([C@@H]2OC[C@H](O)[C@H]2N)c(=O)[nH]c1=O.Cc1cn([C@@H]2OC[C@H](O)[C@H]2N)c(=O)[nH]c1=O. The van der Waals surface area contributed by atoms with Crippen molar-refractivity contribution < 1.29 is 19.7 Å². The molecule has 32 heavy (non-hydrogen) atoms. The minimum atomic E-state index is -0.802. The predicted octanol–water partition coefficient (Wildman–Crippen LogP) is -3.88. The first-order valence-corrected chi connectivity index (χ1v) is 9.76. The summed E-state index contributed by atoms with van der Waals surface area (Å²) in [5, 5.41) is 18.8. The molecule has 6 atom stereocenters. The van der Waals surface area contributed by atoms with E-state index in [1.165, 1.54) is 21.5 Å². The van der Waals surface area contributed by atoms with Crippen molar-refractivity contribution >= 4 is 0 Å². The Bertz CT molecular complexity index is 1110. The van der Waals surface area contributed by atoms with Crippen LogP contribution in [-0.4, -0.2) is 66.8 Å². The maximum Gasteiger partial charge on any atom is 0.330 e. The summed E-state index contributed by atoms with van der Waals surface area (Å²) in [4.78, 5) is 49.7. The number of hydrogen-bond acceptors (Lipinski definition) is 10. The molecule has 2 aromatic rings. The molecule has 0 amide bonds. The molecule has 0 saturated carbocycles. The fourth-order valence-corrected chi connectivity index (χ4v) is 3.30. The smallest absolute Gasteiger partial charge is 0.330 e. The minimum absolute atomic E-state index is 0.0798. The molecule has 0 aliphatic carbocycles. The number of nitrogens with two attached hydrogens (primary N) is 2. The Hall–Kier alpha value is -2.88. The summed E-state index contributed by atoms with van der Waals surface area (Å²) in [6, 6.07) is -1.36. The van der Waals surface area contributed by atoms with Gasteiger partial charge >= 0.3 is 11.4 Å². The van der Waals surface area contributed by atoms with E-state index < -0.39 is 59.2 Å². The van der Waals surface area contributed by atoms with Crippen LogP contribution in [0.3, 0.4) is 0 Å². The largest absolute Gasteiger partial charge is 0.389 e. The topological polar surface area (TPSA) is 221 Å². The molecule has 14 heteroatoms. The summed E-state index contributed by atoms with van der Waals surface area (Å²) >= 11 is 0. The maximum atomic E-state index is 11.5. The van der Waals surface area contributed by atoms with Gasteiger partial charge in [-0.15, -0.1) is 0 Å². The van der Waals surface area contributed by atoms with Crippen molar-refractivity contribution in [2.75, 3.05) is 13.2 Å². The molecule has 0 radical (unpaired) electrons. The Morgan fingerprint density at radius 3 is 1.44 bits per heavy atom. The zero-order chi connectivity index (χ0) is 23.7. The van der Waals surface area contributed by atoms with Crippen LogP contribution >= 0.6 is 0 Å². The summed E-state index contributed by atoms with van der Waals surface area (Å²) < 4.78 is 12.8. The Labute approximate surface area is 180 Å². The van der Waals surface area contributed by atoms with E-state index in [9.17, 15) is 29.4 Å². The van der Waals surface area contributed by atoms with Crippen LogP contribution in [0.2, 0.25) is 0 Å². The number of aryl methyl sites for hydroxylation is 2. The second kappa shape index (κ2) is 9.32. The van der Waals surface area contributed by atoms with Gasteiger partial charge in [0.2, 0.25) is 0 Å². The van der Waals surface area contributed by atoms with E-state index in [1.807, 2.05) is 0 Å². The fourth-order valence-electron chi connectivity index (χ4n) is 3.30. The molecule has 2 aromatic heterocycles. The predicted molar refractivity (Wildman–Crippen MR) is 110 cm³/mol. The molecule has 0 aromatic carbocycles. The number of H-pyrrole nitrogens is 2. The number of aromatic nitrogens is 4. The zero-order valence-electron chi connectivity index (χ0n) is 17.4. The van der Waals surface area contributed by atoms with Crippen molar-refractivity contribution in [2.45, 2.75) is 50.6 Å². The Morgan fingerprint density at radius 2 is 1.16 bits per heavy atom. The minimum Gasteiger partial charge on any atom is -0.389 e. The summed E-state index contributed by atoms with van der Waals surface area (Å²) in [5.41, 5.74) is 10.1. The van der Waals surface area contributed by atoms with Gasteiger partial charge in [0, 0.05) is 23.5 Å². The molecule has 4 rings (SSSR count). The average molecular weight is 454 g/mol. The molecule has 14 nitrogen and oxygen atoms in total. The first-order valence-electron chi connectivity index (χ1n) is 9.76. The van der Waals surface area contributed by atoms with Gasteiger partial charge in [0.15, 0.2) is 12.5 Å². The van der Waals surface area contributed by atoms with Crippen LogP contribution in [0.15, 0.2) is 31.6 Å². The van der Waals surface area contributed by atoms with E-state index in [0.717, 1.165) is 0 Å². The molecule has 2 aliphatic rings. The van der Waals surface area contributed by atoms with Gasteiger partial charge in [0.1, 0.15) is 0 Å². The van der Waals surface area contributed by atoms with Gasteiger partial charge in [-0.1, -0.05) is 0 Å². The number of hydrogen-bond donors (Lipinski definition) is 6. The highest BCUT2D eigenvalue weighted by atomic mass is 16.5. The standard InChI is InChI=1S/2C9H13N3O4/c2*1-4-2-12(9(15)11-7(4)14)8-6(10)5(13)3-16-8/h2*2,5-6,8,13H,3,10H2,1H3,(H,11,14,15)/t2*5-,6+,8+/m00/s1. The molecule has 8 N–H and O–H groups in total. The first kappa shape index (κ1) is 23.8. The number of aliphatic hydroxyl groups excluding tert-OH is 2. The highest BCUT2D eigenvalue weighted by molar-refractivity contribution is 5.03. The molecule has 0 bridgehead atoms. The van der Waals surface area contributed by atoms with E-state index >= 15 is 0 Å². The summed E-state index contributed by atoms with van der Waals surface area (Å²) in [6.07, 6.45) is -0.322. The lowest BCUT2D eigenvalue weighted by atomic mass is 10.2. The molecule has 2 aliphatic heterocycles. The van der Waals surface area contributed by atoms with E-state index in [0.29, 0.717) is 11.1 Å². The quantitative estimate of drug-likeness (QED) is 0.259. The molecule has 2 fully saturated rings. The summed E-state index contributed by atoms with van der Waals surface area (Å²) in [6.45, 7) is 3.31. The molecule has 4 heterocycles. The second-order valence-corrected chi connectivity index (χ2v) is 7.69. The first-order chi connectivity index (χ1) is 15.0. The van der Waals surface area contributed by atoms with Crippen LogP contribution in [0.4, 0.5) is 0 Å². The molecular weight excluding hydrogens is 428 g/mol. The van der Waals surface area contributed by atoms with Gasteiger partial charge in [-0.25, -0.2) is 9.59 Å². The number of aromatic amines is 2. The van der Waals surface area contributed by atoms with Crippen molar-refractivity contribution in [2.24, 2.45) is 11.5 Å². The Morgan fingerprint density at radius 1 is 0.812 bits per heavy atom. The molecule has 2 saturated heterocycles. The van der Waals surface area contributed by atoms with Gasteiger partial charge in [-0.2, -0.15) is 0 Å². The molecule has 176 valence electrons. The summed E-state index contributed by atoms with van der Waals surface area (Å²) in [7, 11) is 0. The van der Waals surface area contributed by atoms with Crippen LogP contribution < -0.4 is 34.0 Å². The Balaban J connectivity index is 0.000000181. The van der Waals surface area contributed by atoms with Crippen LogP contribution in [0.1, 0.15) is 23.6 Å². The Kier molecular flexibility index (Phi) is 6.92. The van der Waals surface area contributed by atoms with Crippen molar-refractivity contribution in [1.82, 2.24) is 19.1 Å². The third kappa shape index (κ3) is 4.64. The third-order valence-corrected chi connectivity index (χ3v) is 5.26. The van der Waals surface area contributed by atoms with E-state index in [4.69, 9.17) is 20.9 Å². The normalized spacial score (nSPS) is 29.6. The maximum absolute atomic E-state index is 11.5. The number of rotatable bonds is 2. The van der Waals surface area contributed by atoms with Crippen molar-refractivity contribution in [3.05, 3.63) is 65.2 Å². The van der Waals surface area contributed by atoms with Crippen LogP contribution in [-0.2, 0) is 9.47 Å². The molecular formula is C18H26N6O8. The van der Waals surface area contributed by atoms with Crippen molar-refractivity contribution in [3.63, 3.8) is 0 Å². The van der Waals surface area contributed by atoms with E-state index in [1.54, 1.807) is 13.8 Å². The number of ether oxygens (including phenoxy) is 2. The second-order valence-electron chi connectivity index (χ2n) is 7.69. The van der Waals surface area contributed by atoms with Crippen molar-refractivity contribution in [3.8, 4) is 0 Å². The van der Waals surface area contributed by atoms with E-state index in [2.05, 4.69) is 9.97 Å². The van der Waals surface area contributed by atoms with Gasteiger partial charge in [-0.3, -0.25) is 28.7 Å². The van der Waals surface area contributed by atoms with Crippen LogP contribution in [0.25, 0.3) is 0 Å². The molecule has 0 unspecified atom stereocenters. The number of nitrogens with one attached hydrogen (secondary N) is 2. The average Bonchev–Trinajstić information content (AvgIpc) is 3.24. The van der Waals surface area contributed by atoms with Gasteiger partial charge < -0.3 is 31.2 Å². The number of nitrogens with zero attached hydrogens (tertiary/aromatic N) is 2. The fraction of sp³-hybridized carbons (Fsp3) is 0.556. The van der Waals surface area contributed by atoms with E-state index in [-0.39, 0.29) is 13.2 Å². The molecule has 0 spiro atoms. The van der Waals surface area contributed by atoms with Gasteiger partial charge in [-0.05, 0) is 13.8 Å². The summed E-state index contributed by atoms with van der Waals surface area (Å²) in [5.74, 6) is 0. The monoisotopic (exact) mass is 454 g/mol. The lowest BCUT2D eigenvalue weighted by molar-refractivity contribution is 0.0404. The lowest BCUT2D eigenvalue weighted by Gasteiger charge is -2.18. The van der Waals surface area contributed by atoms with Gasteiger partial charge in [0.05, 0.1) is 37.5 Å². The lowest BCUT2D eigenvalue weighted by Crippen LogP contribution is -2.42.